The van der Waals surface area contributed by atoms with Gasteiger partial charge in [-0.25, -0.2) is 13.2 Å². The molecule has 2 aromatic rings. The lowest BCUT2D eigenvalue weighted by atomic mass is 9.98. The fourth-order valence-electron chi connectivity index (χ4n) is 4.30. The van der Waals surface area contributed by atoms with Crippen LogP contribution in [0.25, 0.3) is 0 Å². The summed E-state index contributed by atoms with van der Waals surface area (Å²) in [5.41, 5.74) is 0.374. The van der Waals surface area contributed by atoms with E-state index in [4.69, 9.17) is 0 Å². The predicted molar refractivity (Wildman–Crippen MR) is 122 cm³/mol. The van der Waals surface area contributed by atoms with E-state index in [1.54, 1.807) is 0 Å². The topological polar surface area (TPSA) is 116 Å². The minimum atomic E-state index is -3.71. The number of rotatable bonds is 7. The van der Waals surface area contributed by atoms with Crippen molar-refractivity contribution in [1.82, 2.24) is 14.5 Å². The third-order valence-corrected chi connectivity index (χ3v) is 7.92. The van der Waals surface area contributed by atoms with Gasteiger partial charge in [-0.05, 0) is 42.7 Å². The van der Waals surface area contributed by atoms with E-state index in [1.807, 2.05) is 30.3 Å². The fraction of sp³-hybridized carbons (Fsp3) is 0.348. The van der Waals surface area contributed by atoms with E-state index in [0.29, 0.717) is 18.5 Å². The lowest BCUT2D eigenvalue weighted by Gasteiger charge is -2.20. The second kappa shape index (κ2) is 8.95. The van der Waals surface area contributed by atoms with E-state index in [1.165, 1.54) is 35.6 Å². The van der Waals surface area contributed by atoms with Gasteiger partial charge in [0, 0.05) is 19.3 Å². The average Bonchev–Trinajstić information content (AvgIpc) is 3.35. The van der Waals surface area contributed by atoms with Crippen LogP contribution in [0.15, 0.2) is 59.5 Å². The SMILES string of the molecule is CN(Cc1ccccc1)S(=O)(=O)c1ccc(NC(=O)CN2C(=O)NC3(CCCC3)C2=O)cc1. The highest BCUT2D eigenvalue weighted by Gasteiger charge is 2.52. The predicted octanol–water partition coefficient (Wildman–Crippen LogP) is 2.31. The molecule has 9 nitrogen and oxygen atoms in total. The molecule has 1 saturated carbocycles. The largest absolute Gasteiger partial charge is 0.325 e. The van der Waals surface area contributed by atoms with Gasteiger partial charge in [-0.1, -0.05) is 43.2 Å². The minimum absolute atomic E-state index is 0.0937. The summed E-state index contributed by atoms with van der Waals surface area (Å²) in [6.45, 7) is -0.165. The first-order chi connectivity index (χ1) is 15.7. The van der Waals surface area contributed by atoms with Crippen molar-refractivity contribution in [3.05, 3.63) is 60.2 Å². The molecule has 0 unspecified atom stereocenters. The molecule has 2 aromatic carbocycles. The van der Waals surface area contributed by atoms with Gasteiger partial charge in [-0.2, -0.15) is 4.31 Å². The zero-order valence-corrected chi connectivity index (χ0v) is 19.1. The highest BCUT2D eigenvalue weighted by atomic mass is 32.2. The van der Waals surface area contributed by atoms with Gasteiger partial charge < -0.3 is 10.6 Å². The van der Waals surface area contributed by atoms with Crippen LogP contribution < -0.4 is 10.6 Å². The third-order valence-electron chi connectivity index (χ3n) is 6.10. The minimum Gasteiger partial charge on any atom is -0.325 e. The van der Waals surface area contributed by atoms with Crippen molar-refractivity contribution in [3.63, 3.8) is 0 Å². The molecule has 0 bridgehead atoms. The standard InChI is InChI=1S/C23H26N4O5S/c1-26(15-17-7-3-2-4-8-17)33(31,32)19-11-9-18(10-12-19)24-20(28)16-27-21(29)23(25-22(27)30)13-5-6-14-23/h2-4,7-12H,5-6,13-16H2,1H3,(H,24,28)(H,25,30). The van der Waals surface area contributed by atoms with Gasteiger partial charge in [-0.15, -0.1) is 0 Å². The van der Waals surface area contributed by atoms with E-state index >= 15 is 0 Å². The van der Waals surface area contributed by atoms with Crippen LogP contribution in [-0.2, 0) is 26.2 Å². The molecule has 2 aliphatic rings. The van der Waals surface area contributed by atoms with Crippen LogP contribution in [0.4, 0.5) is 10.5 Å². The number of imide groups is 1. The molecule has 2 N–H and O–H groups in total. The van der Waals surface area contributed by atoms with Crippen LogP contribution >= 0.6 is 0 Å². The Morgan fingerprint density at radius 3 is 2.33 bits per heavy atom. The molecule has 0 radical (unpaired) electrons. The third kappa shape index (κ3) is 4.62. The number of carbonyl (C=O) groups excluding carboxylic acids is 3. The zero-order chi connectivity index (χ0) is 23.6. The molecule has 2 fully saturated rings. The van der Waals surface area contributed by atoms with Crippen molar-refractivity contribution in [3.8, 4) is 0 Å². The number of urea groups is 1. The molecule has 10 heteroatoms. The highest BCUT2D eigenvalue weighted by molar-refractivity contribution is 7.89. The lowest BCUT2D eigenvalue weighted by molar-refractivity contribution is -0.133. The number of nitrogens with zero attached hydrogens (tertiary/aromatic N) is 2. The molecule has 1 spiro atoms. The first kappa shape index (κ1) is 22.9. The summed E-state index contributed by atoms with van der Waals surface area (Å²) < 4.78 is 26.9. The Morgan fingerprint density at radius 2 is 1.70 bits per heavy atom. The summed E-state index contributed by atoms with van der Waals surface area (Å²) in [5.74, 6) is -0.895. The summed E-state index contributed by atoms with van der Waals surface area (Å²) in [6, 6.07) is 14.5. The smallest absolute Gasteiger partial charge is 0.325 e. The van der Waals surface area contributed by atoms with Crippen LogP contribution in [0.3, 0.4) is 0 Å². The van der Waals surface area contributed by atoms with Gasteiger partial charge in [0.05, 0.1) is 4.90 Å². The van der Waals surface area contributed by atoms with E-state index < -0.39 is 34.0 Å². The Labute approximate surface area is 192 Å². The summed E-state index contributed by atoms with van der Waals surface area (Å²) >= 11 is 0. The maximum Gasteiger partial charge on any atom is 0.325 e. The van der Waals surface area contributed by atoms with E-state index in [-0.39, 0.29) is 17.3 Å². The molecular formula is C23H26N4O5S. The van der Waals surface area contributed by atoms with Crippen molar-refractivity contribution in [2.24, 2.45) is 0 Å². The monoisotopic (exact) mass is 470 g/mol. The molecule has 1 saturated heterocycles. The number of nitrogens with one attached hydrogen (secondary N) is 2. The Kier molecular flexibility index (Phi) is 6.22. The number of anilines is 1. The molecule has 1 aliphatic heterocycles. The second-order valence-electron chi connectivity index (χ2n) is 8.43. The maximum absolute atomic E-state index is 12.8. The summed E-state index contributed by atoms with van der Waals surface area (Å²) in [5, 5.41) is 5.35. The zero-order valence-electron chi connectivity index (χ0n) is 18.3. The quantitative estimate of drug-likeness (QED) is 0.603. The Hall–Kier alpha value is -3.24. The van der Waals surface area contributed by atoms with Gasteiger partial charge >= 0.3 is 6.03 Å². The van der Waals surface area contributed by atoms with Gasteiger partial charge in [-0.3, -0.25) is 14.5 Å². The number of benzene rings is 2. The highest BCUT2D eigenvalue weighted by Crippen LogP contribution is 2.35. The molecule has 1 aliphatic carbocycles. The summed E-state index contributed by atoms with van der Waals surface area (Å²) in [4.78, 5) is 38.4. The summed E-state index contributed by atoms with van der Waals surface area (Å²) in [7, 11) is -2.21. The van der Waals surface area contributed by atoms with Gasteiger partial charge in [0.2, 0.25) is 15.9 Å². The number of hydrogen-bond donors (Lipinski definition) is 2. The van der Waals surface area contributed by atoms with E-state index in [0.717, 1.165) is 23.3 Å². The normalized spacial score (nSPS) is 17.6. The van der Waals surface area contributed by atoms with Gasteiger partial charge in [0.15, 0.2) is 0 Å². The number of carbonyl (C=O) groups is 3. The molecule has 4 amide bonds. The van der Waals surface area contributed by atoms with Crippen LogP contribution in [0.1, 0.15) is 31.2 Å². The van der Waals surface area contributed by atoms with Gasteiger partial charge in [0.1, 0.15) is 12.1 Å². The maximum atomic E-state index is 12.8. The Balaban J connectivity index is 1.37. The lowest BCUT2D eigenvalue weighted by Crippen LogP contribution is -2.44. The van der Waals surface area contributed by atoms with E-state index in [9.17, 15) is 22.8 Å². The first-order valence-corrected chi connectivity index (χ1v) is 12.2. The molecule has 0 atom stereocenters. The Bertz CT molecular complexity index is 1160. The summed E-state index contributed by atoms with van der Waals surface area (Å²) in [6.07, 6.45) is 2.90. The molecule has 174 valence electrons. The fourth-order valence-corrected chi connectivity index (χ4v) is 5.46. The van der Waals surface area contributed by atoms with Crippen LogP contribution in [0.2, 0.25) is 0 Å². The number of amides is 4. The molecular weight excluding hydrogens is 444 g/mol. The number of hydrogen-bond acceptors (Lipinski definition) is 5. The van der Waals surface area contributed by atoms with Crippen molar-refractivity contribution < 1.29 is 22.8 Å². The van der Waals surface area contributed by atoms with Crippen molar-refractivity contribution in [1.29, 1.82) is 0 Å². The molecule has 1 heterocycles. The molecule has 33 heavy (non-hydrogen) atoms. The van der Waals surface area contributed by atoms with Crippen LogP contribution in [0.5, 0.6) is 0 Å². The van der Waals surface area contributed by atoms with Crippen LogP contribution in [0, 0.1) is 0 Å². The van der Waals surface area contributed by atoms with Crippen molar-refractivity contribution in [2.45, 2.75) is 42.7 Å². The van der Waals surface area contributed by atoms with Gasteiger partial charge in [0.25, 0.3) is 5.91 Å². The molecule has 4 rings (SSSR count). The Morgan fingerprint density at radius 1 is 1.06 bits per heavy atom. The molecule has 0 aromatic heterocycles. The van der Waals surface area contributed by atoms with Crippen molar-refractivity contribution >= 4 is 33.6 Å². The number of sulfonamides is 1. The van der Waals surface area contributed by atoms with Crippen LogP contribution in [-0.4, -0.2) is 54.6 Å². The average molecular weight is 471 g/mol. The second-order valence-corrected chi connectivity index (χ2v) is 10.5. The first-order valence-electron chi connectivity index (χ1n) is 10.8. The van der Waals surface area contributed by atoms with Crippen molar-refractivity contribution in [2.75, 3.05) is 18.9 Å². The van der Waals surface area contributed by atoms with E-state index in [2.05, 4.69) is 10.6 Å².